The summed E-state index contributed by atoms with van der Waals surface area (Å²) in [5.74, 6) is 13.7. The van der Waals surface area contributed by atoms with Crippen LogP contribution in [-0.2, 0) is 22.6 Å². The molecule has 0 aliphatic rings. The molecule has 0 radical (unpaired) electrons. The van der Waals surface area contributed by atoms with Gasteiger partial charge in [-0.3, -0.25) is 0 Å². The molecule has 0 saturated heterocycles. The Balaban J connectivity index is 0.00000361. The molecule has 244 valence electrons. The van der Waals surface area contributed by atoms with Gasteiger partial charge in [-0.05, 0) is 90.5 Å². The zero-order chi connectivity index (χ0) is 34.3. The third-order valence-corrected chi connectivity index (χ3v) is 5.80. The second kappa shape index (κ2) is 17.4. The Morgan fingerprint density at radius 1 is 0.696 bits per heavy atom. The van der Waals surface area contributed by atoms with Gasteiger partial charge in [0.25, 0.3) is 0 Å². The van der Waals surface area contributed by atoms with Crippen LogP contribution in [0.5, 0.6) is 0 Å². The second-order valence-corrected chi connectivity index (χ2v) is 12.4. The zero-order valence-electron chi connectivity index (χ0n) is 28.3. The summed E-state index contributed by atoms with van der Waals surface area (Å²) in [5, 5.41) is 0. The van der Waals surface area contributed by atoms with E-state index in [1.165, 1.54) is 0 Å². The van der Waals surface area contributed by atoms with Crippen molar-refractivity contribution in [1.29, 1.82) is 0 Å². The van der Waals surface area contributed by atoms with E-state index in [4.69, 9.17) is 9.47 Å². The van der Waals surface area contributed by atoms with Crippen molar-refractivity contribution < 1.29 is 19.1 Å². The lowest BCUT2D eigenvalue weighted by molar-refractivity contribution is 0.0219. The predicted octanol–water partition coefficient (Wildman–Crippen LogP) is 6.48. The number of amides is 2. The maximum atomic E-state index is 12.5. The van der Waals surface area contributed by atoms with Crippen molar-refractivity contribution >= 4 is 12.2 Å². The molecule has 2 aromatic heterocycles. The van der Waals surface area contributed by atoms with Crippen molar-refractivity contribution in [3.63, 3.8) is 0 Å². The molecule has 0 aliphatic carbocycles. The number of nitrogens with zero attached hydrogens (tertiary/aromatic N) is 4. The Bertz CT molecular complexity index is 1450. The van der Waals surface area contributed by atoms with Gasteiger partial charge < -0.3 is 29.2 Å². The van der Waals surface area contributed by atoms with Gasteiger partial charge in [-0.25, -0.2) is 19.6 Å². The van der Waals surface area contributed by atoms with E-state index in [2.05, 4.69) is 56.5 Å². The maximum absolute atomic E-state index is 12.5. The van der Waals surface area contributed by atoms with Crippen molar-refractivity contribution in [2.75, 3.05) is 13.1 Å². The highest BCUT2D eigenvalue weighted by Gasteiger charge is 2.23. The van der Waals surface area contributed by atoms with Gasteiger partial charge in [-0.1, -0.05) is 25.7 Å². The van der Waals surface area contributed by atoms with Gasteiger partial charge in [0.2, 0.25) is 0 Å². The number of imidazole rings is 2. The van der Waals surface area contributed by atoms with Crippen LogP contribution in [0, 0.1) is 36.5 Å². The summed E-state index contributed by atoms with van der Waals surface area (Å²) in [7, 11) is 0. The highest BCUT2D eigenvalue weighted by Crippen LogP contribution is 2.14. The number of nitrogens with one attached hydrogen (secondary N) is 2. The molecule has 0 unspecified atom stereocenters. The number of aromatic nitrogens is 4. The van der Waals surface area contributed by atoms with Crippen molar-refractivity contribution in [3.05, 3.63) is 70.8 Å². The highest BCUT2D eigenvalue weighted by molar-refractivity contribution is 5.68. The number of aromatic amines is 2. The van der Waals surface area contributed by atoms with E-state index >= 15 is 0 Å². The summed E-state index contributed by atoms with van der Waals surface area (Å²) in [6, 6.07) is 7.62. The van der Waals surface area contributed by atoms with Crippen LogP contribution in [0.4, 0.5) is 9.59 Å². The van der Waals surface area contributed by atoms with E-state index in [0.29, 0.717) is 49.2 Å². The minimum atomic E-state index is -0.562. The smallest absolute Gasteiger partial charge is 0.410 e. The van der Waals surface area contributed by atoms with Crippen molar-refractivity contribution in [1.82, 2.24) is 29.7 Å². The van der Waals surface area contributed by atoms with Crippen molar-refractivity contribution in [2.45, 2.75) is 92.5 Å². The zero-order valence-corrected chi connectivity index (χ0v) is 28.3. The molecule has 0 saturated carbocycles. The topological polar surface area (TPSA) is 116 Å². The lowest BCUT2D eigenvalue weighted by atomic mass is 10.1. The van der Waals surface area contributed by atoms with Crippen LogP contribution in [0.1, 0.15) is 102 Å². The number of rotatable bonds is 8. The molecule has 2 amide bonds. The van der Waals surface area contributed by atoms with E-state index in [9.17, 15) is 9.59 Å². The third kappa shape index (κ3) is 13.2. The molecule has 3 aromatic rings. The molecule has 1 aromatic carbocycles. The lowest BCUT2D eigenvalue weighted by Gasteiger charge is -2.26. The second-order valence-electron chi connectivity index (χ2n) is 12.4. The van der Waals surface area contributed by atoms with Crippen molar-refractivity contribution in [2.24, 2.45) is 0 Å². The van der Waals surface area contributed by atoms with E-state index in [-0.39, 0.29) is 12.2 Å². The molecular weight excluding hydrogens is 580 g/mol. The van der Waals surface area contributed by atoms with E-state index < -0.39 is 11.2 Å². The Labute approximate surface area is 273 Å². The monoisotopic (exact) mass is 626 g/mol. The van der Waals surface area contributed by atoms with Crippen LogP contribution in [-0.4, -0.2) is 66.2 Å². The third-order valence-electron chi connectivity index (χ3n) is 5.80. The first-order valence-corrected chi connectivity index (χ1v) is 15.3. The van der Waals surface area contributed by atoms with Crippen LogP contribution >= 0.6 is 0 Å². The summed E-state index contributed by atoms with van der Waals surface area (Å²) in [6.07, 6.45) is 12.2. The number of terminal acetylenes is 1. The minimum absolute atomic E-state index is 0.316. The first-order valence-electron chi connectivity index (χ1n) is 15.3. The maximum Gasteiger partial charge on any atom is 0.410 e. The molecule has 46 heavy (non-hydrogen) atoms. The standard InChI is InChI=1S/C34H44N6O4.C2H2/c1-9-19-39(31(41)43-33(3,4)5)23-29-35-21-27(37-29)17-15-25-11-13-26(14-12-25)16-18-28-22-36-30(38-28)24-40(20-10-2)32(42)44-34(6,7)8;1-2/h11-14,21-22H,9-10,19-20,23-24H2,1-8H3,(H,35,37)(H,36,38);1-2H. The Morgan fingerprint density at radius 3 is 1.35 bits per heavy atom. The van der Waals surface area contributed by atoms with E-state index in [1.54, 1.807) is 22.2 Å². The molecular formula is C36H46N6O4. The molecule has 2 heterocycles. The number of benzene rings is 1. The summed E-state index contributed by atoms with van der Waals surface area (Å²) in [6.45, 7) is 16.9. The molecule has 10 nitrogen and oxygen atoms in total. The molecule has 0 bridgehead atoms. The number of carbonyl (C=O) groups excluding carboxylic acids is 2. The average Bonchev–Trinajstić information content (AvgIpc) is 3.63. The van der Waals surface area contributed by atoms with Gasteiger partial charge in [-0.15, -0.1) is 12.8 Å². The number of ether oxygens (including phenoxy) is 2. The van der Waals surface area contributed by atoms with E-state index in [1.807, 2.05) is 79.7 Å². The Morgan fingerprint density at radius 2 is 1.04 bits per heavy atom. The number of hydrogen-bond acceptors (Lipinski definition) is 6. The quantitative estimate of drug-likeness (QED) is 0.277. The lowest BCUT2D eigenvalue weighted by Crippen LogP contribution is -2.37. The van der Waals surface area contributed by atoms with Gasteiger partial charge in [0.15, 0.2) is 0 Å². The van der Waals surface area contributed by atoms with Gasteiger partial charge in [-0.2, -0.15) is 0 Å². The van der Waals surface area contributed by atoms with E-state index in [0.717, 1.165) is 24.0 Å². The summed E-state index contributed by atoms with van der Waals surface area (Å²) in [5.41, 5.74) is 1.85. The molecule has 2 N–H and O–H groups in total. The SMILES string of the molecule is C#C.CCCN(Cc1ncc(C#Cc2ccc(C#Cc3cnc(CN(CCC)C(=O)OC(C)(C)C)[nH]3)cc2)[nH]1)C(=O)OC(C)(C)C. The van der Waals surface area contributed by atoms with Crippen LogP contribution in [0.15, 0.2) is 36.7 Å². The van der Waals surface area contributed by atoms with Crippen LogP contribution < -0.4 is 0 Å². The molecule has 0 atom stereocenters. The highest BCUT2D eigenvalue weighted by atomic mass is 16.6. The van der Waals surface area contributed by atoms with Crippen LogP contribution in [0.2, 0.25) is 0 Å². The molecule has 0 fully saturated rings. The predicted molar refractivity (Wildman–Crippen MR) is 179 cm³/mol. The Hall–Kier alpha value is -5.14. The number of H-pyrrole nitrogens is 2. The first-order chi connectivity index (χ1) is 21.7. The molecule has 0 aliphatic heterocycles. The summed E-state index contributed by atoms with van der Waals surface area (Å²) >= 11 is 0. The number of carbonyl (C=O) groups is 2. The summed E-state index contributed by atoms with van der Waals surface area (Å²) < 4.78 is 11.0. The molecule has 0 spiro atoms. The van der Waals surface area contributed by atoms with Gasteiger partial charge in [0, 0.05) is 24.2 Å². The minimum Gasteiger partial charge on any atom is -0.444 e. The fraction of sp³-hybridized carbons (Fsp3) is 0.444. The largest absolute Gasteiger partial charge is 0.444 e. The van der Waals surface area contributed by atoms with Crippen LogP contribution in [0.25, 0.3) is 0 Å². The van der Waals surface area contributed by atoms with Gasteiger partial charge in [0.05, 0.1) is 25.5 Å². The van der Waals surface area contributed by atoms with Crippen molar-refractivity contribution in [3.8, 4) is 36.5 Å². The summed E-state index contributed by atoms with van der Waals surface area (Å²) in [4.78, 5) is 43.5. The number of hydrogen-bond donors (Lipinski definition) is 2. The van der Waals surface area contributed by atoms with Gasteiger partial charge in [0.1, 0.15) is 34.2 Å². The Kier molecular flexibility index (Phi) is 14.0. The van der Waals surface area contributed by atoms with Gasteiger partial charge >= 0.3 is 12.2 Å². The normalized spacial score (nSPS) is 10.7. The fourth-order valence-corrected chi connectivity index (χ4v) is 3.95. The first kappa shape index (κ1) is 37.0. The average molecular weight is 627 g/mol. The molecule has 3 rings (SSSR count). The molecule has 10 heteroatoms. The van der Waals surface area contributed by atoms with Crippen LogP contribution in [0.3, 0.4) is 0 Å². The fourth-order valence-electron chi connectivity index (χ4n) is 3.95.